The molecule has 0 saturated carbocycles. The lowest BCUT2D eigenvalue weighted by molar-refractivity contribution is 0.475. The molecular formula is C14H14N2OS. The highest BCUT2D eigenvalue weighted by Crippen LogP contribution is 2.28. The number of aromatic nitrogens is 1. The normalized spacial score (nSPS) is 10.1. The van der Waals surface area contributed by atoms with E-state index in [1.807, 2.05) is 32.0 Å². The molecule has 92 valence electrons. The van der Waals surface area contributed by atoms with Crippen LogP contribution in [0, 0.1) is 13.8 Å². The third-order valence-corrected chi connectivity index (χ3v) is 3.04. The number of aryl methyl sites for hydroxylation is 1. The van der Waals surface area contributed by atoms with Gasteiger partial charge in [-0.05, 0) is 37.1 Å². The minimum Gasteiger partial charge on any atom is -0.455 e. The van der Waals surface area contributed by atoms with Crippen molar-refractivity contribution in [3.05, 3.63) is 53.3 Å². The van der Waals surface area contributed by atoms with Crippen molar-refractivity contribution in [2.45, 2.75) is 13.8 Å². The molecule has 0 bridgehead atoms. The number of nitrogens with zero attached hydrogens (tertiary/aromatic N) is 1. The highest BCUT2D eigenvalue weighted by molar-refractivity contribution is 7.80. The fourth-order valence-corrected chi connectivity index (χ4v) is 1.79. The summed E-state index contributed by atoms with van der Waals surface area (Å²) in [4.78, 5) is 4.34. The van der Waals surface area contributed by atoms with Crippen LogP contribution in [0.15, 0.2) is 36.7 Å². The Morgan fingerprint density at radius 3 is 2.72 bits per heavy atom. The molecule has 0 amide bonds. The lowest BCUT2D eigenvalue weighted by Crippen LogP contribution is -2.11. The second kappa shape index (κ2) is 5.14. The van der Waals surface area contributed by atoms with Gasteiger partial charge in [0.25, 0.3) is 0 Å². The molecule has 0 fully saturated rings. The zero-order valence-corrected chi connectivity index (χ0v) is 11.1. The van der Waals surface area contributed by atoms with Gasteiger partial charge in [-0.1, -0.05) is 24.4 Å². The summed E-state index contributed by atoms with van der Waals surface area (Å²) in [5.41, 5.74) is 8.62. The fourth-order valence-electron chi connectivity index (χ4n) is 1.62. The Bertz CT molecular complexity index is 596. The molecule has 4 heteroatoms. The molecule has 2 N–H and O–H groups in total. The van der Waals surface area contributed by atoms with Crippen LogP contribution in [0.25, 0.3) is 0 Å². The molecule has 0 saturated heterocycles. The van der Waals surface area contributed by atoms with Crippen LogP contribution in [0.3, 0.4) is 0 Å². The number of benzene rings is 1. The van der Waals surface area contributed by atoms with E-state index in [1.54, 1.807) is 18.5 Å². The predicted molar refractivity (Wildman–Crippen MR) is 76.1 cm³/mol. The molecule has 0 radical (unpaired) electrons. The van der Waals surface area contributed by atoms with Crippen LogP contribution in [0.2, 0.25) is 0 Å². The number of hydrogen-bond donors (Lipinski definition) is 1. The van der Waals surface area contributed by atoms with Crippen molar-refractivity contribution in [1.29, 1.82) is 0 Å². The molecule has 0 aliphatic carbocycles. The summed E-state index contributed by atoms with van der Waals surface area (Å²) >= 11 is 4.99. The second-order valence-electron chi connectivity index (χ2n) is 4.04. The Hall–Kier alpha value is -1.94. The molecule has 1 aromatic heterocycles. The van der Waals surface area contributed by atoms with E-state index in [0.717, 1.165) is 11.3 Å². The van der Waals surface area contributed by atoms with E-state index in [1.165, 1.54) is 5.56 Å². The molecular weight excluding hydrogens is 244 g/mol. The van der Waals surface area contributed by atoms with Crippen LogP contribution in [0.4, 0.5) is 0 Å². The molecule has 1 heterocycles. The molecule has 0 aliphatic heterocycles. The van der Waals surface area contributed by atoms with Gasteiger partial charge < -0.3 is 10.5 Å². The third-order valence-electron chi connectivity index (χ3n) is 2.82. The number of thiocarbonyl (C=S) groups is 1. The van der Waals surface area contributed by atoms with Crippen LogP contribution in [0.1, 0.15) is 16.7 Å². The summed E-state index contributed by atoms with van der Waals surface area (Å²) in [6, 6.07) is 7.66. The van der Waals surface area contributed by atoms with Crippen LogP contribution in [-0.4, -0.2) is 9.97 Å². The Morgan fingerprint density at radius 1 is 1.22 bits per heavy atom. The lowest BCUT2D eigenvalue weighted by Gasteiger charge is -2.12. The van der Waals surface area contributed by atoms with Gasteiger partial charge in [-0.3, -0.25) is 4.98 Å². The Kier molecular flexibility index (Phi) is 3.58. The molecule has 1 aromatic carbocycles. The van der Waals surface area contributed by atoms with Crippen molar-refractivity contribution in [3.8, 4) is 11.5 Å². The third kappa shape index (κ3) is 2.49. The van der Waals surface area contributed by atoms with Crippen LogP contribution >= 0.6 is 12.2 Å². The number of ether oxygens (including phenoxy) is 1. The van der Waals surface area contributed by atoms with Gasteiger partial charge in [0.05, 0.1) is 11.8 Å². The molecule has 3 nitrogen and oxygen atoms in total. The van der Waals surface area contributed by atoms with Crippen LogP contribution < -0.4 is 10.5 Å². The van der Waals surface area contributed by atoms with Gasteiger partial charge in [0.2, 0.25) is 0 Å². The number of pyridine rings is 1. The lowest BCUT2D eigenvalue weighted by atomic mass is 10.1. The molecule has 0 atom stereocenters. The summed E-state index contributed by atoms with van der Waals surface area (Å²) in [7, 11) is 0. The van der Waals surface area contributed by atoms with Crippen LogP contribution in [0.5, 0.6) is 11.5 Å². The molecule has 0 spiro atoms. The van der Waals surface area contributed by atoms with Gasteiger partial charge in [-0.25, -0.2) is 0 Å². The first-order valence-corrected chi connectivity index (χ1v) is 5.98. The maximum absolute atomic E-state index is 5.85. The van der Waals surface area contributed by atoms with Gasteiger partial charge in [-0.2, -0.15) is 0 Å². The highest BCUT2D eigenvalue weighted by atomic mass is 32.1. The highest BCUT2D eigenvalue weighted by Gasteiger charge is 2.09. The number of hydrogen-bond acceptors (Lipinski definition) is 3. The Balaban J connectivity index is 2.40. The van der Waals surface area contributed by atoms with Gasteiger partial charge in [0, 0.05) is 6.20 Å². The first-order valence-electron chi connectivity index (χ1n) is 5.57. The zero-order chi connectivity index (χ0) is 13.1. The average Bonchev–Trinajstić information content (AvgIpc) is 2.35. The minimum atomic E-state index is 0.303. The van der Waals surface area contributed by atoms with E-state index in [2.05, 4.69) is 4.98 Å². The van der Waals surface area contributed by atoms with Crippen molar-refractivity contribution < 1.29 is 4.74 Å². The fraction of sp³-hybridized carbons (Fsp3) is 0.143. The first-order chi connectivity index (χ1) is 8.59. The Morgan fingerprint density at radius 2 is 2.00 bits per heavy atom. The SMILES string of the molecule is Cc1cccc(Oc2cnccc2C(N)=S)c1C. The van der Waals surface area contributed by atoms with Crippen molar-refractivity contribution in [3.63, 3.8) is 0 Å². The van der Waals surface area contributed by atoms with E-state index in [9.17, 15) is 0 Å². The van der Waals surface area contributed by atoms with E-state index in [4.69, 9.17) is 22.7 Å². The summed E-state index contributed by atoms with van der Waals surface area (Å²) in [5, 5.41) is 0. The van der Waals surface area contributed by atoms with E-state index < -0.39 is 0 Å². The van der Waals surface area contributed by atoms with Gasteiger partial charge in [0.15, 0.2) is 5.75 Å². The number of rotatable bonds is 3. The predicted octanol–water partition coefficient (Wildman–Crippen LogP) is 3.12. The Labute approximate surface area is 112 Å². The molecule has 0 unspecified atom stereocenters. The quantitative estimate of drug-likeness (QED) is 0.859. The molecule has 2 rings (SSSR count). The minimum absolute atomic E-state index is 0.303. The summed E-state index contributed by atoms with van der Waals surface area (Å²) in [6.45, 7) is 4.06. The maximum Gasteiger partial charge on any atom is 0.155 e. The van der Waals surface area contributed by atoms with Crippen LogP contribution in [-0.2, 0) is 0 Å². The largest absolute Gasteiger partial charge is 0.455 e. The van der Waals surface area contributed by atoms with E-state index >= 15 is 0 Å². The van der Waals surface area contributed by atoms with Crippen molar-refractivity contribution in [1.82, 2.24) is 4.98 Å². The van der Waals surface area contributed by atoms with E-state index in [-0.39, 0.29) is 0 Å². The average molecular weight is 258 g/mol. The first kappa shape index (κ1) is 12.5. The maximum atomic E-state index is 5.85. The van der Waals surface area contributed by atoms with Crippen molar-refractivity contribution >= 4 is 17.2 Å². The second-order valence-corrected chi connectivity index (χ2v) is 4.48. The summed E-state index contributed by atoms with van der Waals surface area (Å²) < 4.78 is 5.85. The van der Waals surface area contributed by atoms with Gasteiger partial charge in [-0.15, -0.1) is 0 Å². The zero-order valence-electron chi connectivity index (χ0n) is 10.3. The molecule has 0 aliphatic rings. The van der Waals surface area contributed by atoms with Crippen molar-refractivity contribution in [2.75, 3.05) is 0 Å². The smallest absolute Gasteiger partial charge is 0.155 e. The van der Waals surface area contributed by atoms with Gasteiger partial charge >= 0.3 is 0 Å². The monoisotopic (exact) mass is 258 g/mol. The van der Waals surface area contributed by atoms with Crippen molar-refractivity contribution in [2.24, 2.45) is 5.73 Å². The molecule has 18 heavy (non-hydrogen) atoms. The molecule has 2 aromatic rings. The summed E-state index contributed by atoms with van der Waals surface area (Å²) in [5.74, 6) is 1.37. The van der Waals surface area contributed by atoms with Gasteiger partial charge in [0.1, 0.15) is 10.7 Å². The summed E-state index contributed by atoms with van der Waals surface area (Å²) in [6.07, 6.45) is 3.26. The number of nitrogens with two attached hydrogens (primary N) is 1. The topological polar surface area (TPSA) is 48.1 Å². The standard InChI is InChI=1S/C14H14N2OS/c1-9-4-3-5-12(10(9)2)17-13-8-16-7-6-11(13)14(15)18/h3-8H,1-2H3,(H2,15,18). The van der Waals surface area contributed by atoms with E-state index in [0.29, 0.717) is 16.3 Å².